The topological polar surface area (TPSA) is 83.5 Å². The van der Waals surface area contributed by atoms with E-state index in [1.165, 1.54) is 12.3 Å². The lowest BCUT2D eigenvalue weighted by atomic mass is 10.2. The van der Waals surface area contributed by atoms with E-state index >= 15 is 0 Å². The zero-order valence-electron chi connectivity index (χ0n) is 10.6. The maximum atomic E-state index is 13.7. The average molecular weight is 333 g/mol. The SMILES string of the molecule is Cc1cc(F)c(NS(=O)(=O)c2ccsc2C(=O)O)cc1F. The zero-order valence-corrected chi connectivity index (χ0v) is 12.2. The predicted molar refractivity (Wildman–Crippen MR) is 73.2 cm³/mol. The van der Waals surface area contributed by atoms with Crippen molar-refractivity contribution in [3.8, 4) is 0 Å². The van der Waals surface area contributed by atoms with Crippen molar-refractivity contribution in [1.82, 2.24) is 0 Å². The molecular formula is C12H9F2NO4S2. The molecule has 1 aromatic carbocycles. The zero-order chi connectivity index (χ0) is 15.8. The number of anilines is 1. The van der Waals surface area contributed by atoms with Gasteiger partial charge in [0, 0.05) is 6.07 Å². The highest BCUT2D eigenvalue weighted by molar-refractivity contribution is 7.93. The first-order chi connectivity index (χ1) is 9.72. The van der Waals surface area contributed by atoms with Crippen LogP contribution < -0.4 is 4.72 Å². The van der Waals surface area contributed by atoms with E-state index in [0.29, 0.717) is 6.07 Å². The fraction of sp³-hybridized carbons (Fsp3) is 0.0833. The fourth-order valence-electron chi connectivity index (χ4n) is 1.59. The molecule has 5 nitrogen and oxygen atoms in total. The maximum Gasteiger partial charge on any atom is 0.347 e. The second-order valence-corrected chi connectivity index (χ2v) is 6.67. The number of sulfonamides is 1. The molecule has 0 fully saturated rings. The van der Waals surface area contributed by atoms with Gasteiger partial charge in [0.05, 0.1) is 5.69 Å². The third kappa shape index (κ3) is 3.03. The number of aromatic carboxylic acids is 1. The summed E-state index contributed by atoms with van der Waals surface area (Å²) in [5, 5.41) is 10.2. The Bertz CT molecular complexity index is 815. The molecule has 0 bridgehead atoms. The summed E-state index contributed by atoms with van der Waals surface area (Å²) in [6.07, 6.45) is 0. The summed E-state index contributed by atoms with van der Waals surface area (Å²) < 4.78 is 53.1. The summed E-state index contributed by atoms with van der Waals surface area (Å²) in [6.45, 7) is 1.33. The lowest BCUT2D eigenvalue weighted by Gasteiger charge is -2.09. The van der Waals surface area contributed by atoms with E-state index in [0.717, 1.165) is 23.5 Å². The molecule has 9 heteroatoms. The van der Waals surface area contributed by atoms with Gasteiger partial charge in [-0.3, -0.25) is 4.72 Å². The number of aryl methyl sites for hydroxylation is 1. The summed E-state index contributed by atoms with van der Waals surface area (Å²) in [7, 11) is -4.32. The molecular weight excluding hydrogens is 324 g/mol. The number of carboxylic acid groups (broad SMARTS) is 1. The van der Waals surface area contributed by atoms with Crippen LogP contribution in [-0.2, 0) is 10.0 Å². The normalized spacial score (nSPS) is 11.4. The molecule has 2 aromatic rings. The third-order valence-electron chi connectivity index (χ3n) is 2.61. The van der Waals surface area contributed by atoms with Crippen molar-refractivity contribution < 1.29 is 27.1 Å². The van der Waals surface area contributed by atoms with Crippen LogP contribution in [0.4, 0.5) is 14.5 Å². The molecule has 0 saturated carbocycles. The molecule has 21 heavy (non-hydrogen) atoms. The Labute approximate surface area is 122 Å². The number of halogens is 2. The van der Waals surface area contributed by atoms with Gasteiger partial charge in [-0.05, 0) is 30.0 Å². The highest BCUT2D eigenvalue weighted by Gasteiger charge is 2.25. The fourth-order valence-corrected chi connectivity index (χ4v) is 3.91. The van der Waals surface area contributed by atoms with Crippen molar-refractivity contribution >= 4 is 33.0 Å². The van der Waals surface area contributed by atoms with E-state index < -0.39 is 43.1 Å². The van der Waals surface area contributed by atoms with Crippen LogP contribution in [-0.4, -0.2) is 19.5 Å². The standard InChI is InChI=1S/C12H9F2NO4S2/c1-6-4-8(14)9(5-7(6)13)15-21(18,19)10-2-3-20-11(10)12(16)17/h2-5,15H,1H3,(H,16,17). The minimum atomic E-state index is -4.32. The summed E-state index contributed by atoms with van der Waals surface area (Å²) in [6, 6.07) is 2.63. The first kappa shape index (κ1) is 15.4. The molecule has 0 amide bonds. The molecule has 1 aromatic heterocycles. The molecule has 2 N–H and O–H groups in total. The van der Waals surface area contributed by atoms with E-state index in [4.69, 9.17) is 5.11 Å². The average Bonchev–Trinajstić information content (AvgIpc) is 2.85. The molecule has 0 atom stereocenters. The minimum Gasteiger partial charge on any atom is -0.477 e. The van der Waals surface area contributed by atoms with Crippen LogP contribution in [0.3, 0.4) is 0 Å². The minimum absolute atomic E-state index is 0.0252. The van der Waals surface area contributed by atoms with Crippen LogP contribution in [0.1, 0.15) is 15.2 Å². The summed E-state index contributed by atoms with van der Waals surface area (Å²) in [4.78, 5) is 10.0. The third-order valence-corrected chi connectivity index (χ3v) is 5.04. The van der Waals surface area contributed by atoms with Crippen molar-refractivity contribution in [1.29, 1.82) is 0 Å². The van der Waals surface area contributed by atoms with Crippen LogP contribution in [0.2, 0.25) is 0 Å². The van der Waals surface area contributed by atoms with Gasteiger partial charge in [-0.2, -0.15) is 0 Å². The molecule has 0 spiro atoms. The van der Waals surface area contributed by atoms with Crippen LogP contribution in [0, 0.1) is 18.6 Å². The Kier molecular flexibility index (Phi) is 3.97. The lowest BCUT2D eigenvalue weighted by Crippen LogP contribution is -2.16. The highest BCUT2D eigenvalue weighted by atomic mass is 32.2. The van der Waals surface area contributed by atoms with Crippen molar-refractivity contribution in [2.24, 2.45) is 0 Å². The smallest absolute Gasteiger partial charge is 0.347 e. The van der Waals surface area contributed by atoms with Crippen molar-refractivity contribution in [2.75, 3.05) is 4.72 Å². The van der Waals surface area contributed by atoms with Crippen LogP contribution >= 0.6 is 11.3 Å². The van der Waals surface area contributed by atoms with Crippen LogP contribution in [0.25, 0.3) is 0 Å². The van der Waals surface area contributed by atoms with Gasteiger partial charge >= 0.3 is 5.97 Å². The van der Waals surface area contributed by atoms with E-state index in [2.05, 4.69) is 0 Å². The first-order valence-electron chi connectivity index (χ1n) is 5.51. The molecule has 1 heterocycles. The summed E-state index contributed by atoms with van der Waals surface area (Å²) in [5.74, 6) is -3.15. The number of hydrogen-bond acceptors (Lipinski definition) is 4. The Hall–Kier alpha value is -2.00. The van der Waals surface area contributed by atoms with E-state index in [-0.39, 0.29) is 5.56 Å². The molecule has 112 valence electrons. The number of nitrogens with one attached hydrogen (secondary N) is 1. The van der Waals surface area contributed by atoms with Gasteiger partial charge in [-0.25, -0.2) is 22.0 Å². The number of carboxylic acids is 1. The number of benzene rings is 1. The maximum absolute atomic E-state index is 13.7. The number of carbonyl (C=O) groups is 1. The van der Waals surface area contributed by atoms with Gasteiger partial charge in [-0.1, -0.05) is 0 Å². The molecule has 0 aliphatic carbocycles. The number of rotatable bonds is 4. The Morgan fingerprint density at radius 3 is 2.57 bits per heavy atom. The van der Waals surface area contributed by atoms with E-state index in [1.54, 1.807) is 0 Å². The molecule has 0 radical (unpaired) electrons. The Morgan fingerprint density at radius 1 is 1.29 bits per heavy atom. The van der Waals surface area contributed by atoms with E-state index in [9.17, 15) is 22.0 Å². The molecule has 0 saturated heterocycles. The van der Waals surface area contributed by atoms with E-state index in [1.807, 2.05) is 4.72 Å². The molecule has 0 aliphatic rings. The largest absolute Gasteiger partial charge is 0.477 e. The van der Waals surface area contributed by atoms with Crippen LogP contribution in [0.5, 0.6) is 0 Å². The highest BCUT2D eigenvalue weighted by Crippen LogP contribution is 2.26. The van der Waals surface area contributed by atoms with Gasteiger partial charge in [-0.15, -0.1) is 11.3 Å². The number of hydrogen-bond donors (Lipinski definition) is 2. The van der Waals surface area contributed by atoms with Crippen LogP contribution in [0.15, 0.2) is 28.5 Å². The quantitative estimate of drug-likeness (QED) is 0.901. The summed E-state index contributed by atoms with van der Waals surface area (Å²) >= 11 is 0.718. The second-order valence-electron chi connectivity index (χ2n) is 4.11. The predicted octanol–water partition coefficient (Wildman–Crippen LogP) is 2.83. The lowest BCUT2D eigenvalue weighted by molar-refractivity contribution is 0.0698. The molecule has 2 rings (SSSR count). The summed E-state index contributed by atoms with van der Waals surface area (Å²) in [5.41, 5.74) is -0.558. The molecule has 0 aliphatic heterocycles. The van der Waals surface area contributed by atoms with Gasteiger partial charge < -0.3 is 5.11 Å². The Balaban J connectivity index is 2.45. The number of thiophene rings is 1. The van der Waals surface area contributed by atoms with Crippen molar-refractivity contribution in [2.45, 2.75) is 11.8 Å². The van der Waals surface area contributed by atoms with Gasteiger partial charge in [0.25, 0.3) is 10.0 Å². The molecule has 0 unspecified atom stereocenters. The monoisotopic (exact) mass is 333 g/mol. The van der Waals surface area contributed by atoms with Crippen molar-refractivity contribution in [3.63, 3.8) is 0 Å². The first-order valence-corrected chi connectivity index (χ1v) is 7.88. The second kappa shape index (κ2) is 5.41. The van der Waals surface area contributed by atoms with Gasteiger partial charge in [0.2, 0.25) is 0 Å². The van der Waals surface area contributed by atoms with Gasteiger partial charge in [0.1, 0.15) is 21.4 Å². The Morgan fingerprint density at radius 2 is 1.95 bits per heavy atom. The van der Waals surface area contributed by atoms with Crippen molar-refractivity contribution in [3.05, 3.63) is 45.7 Å². The van der Waals surface area contributed by atoms with Gasteiger partial charge in [0.15, 0.2) is 0 Å².